The van der Waals surface area contributed by atoms with E-state index >= 15 is 0 Å². The van der Waals surface area contributed by atoms with E-state index in [1.165, 1.54) is 12.3 Å². The summed E-state index contributed by atoms with van der Waals surface area (Å²) >= 11 is 0. The summed E-state index contributed by atoms with van der Waals surface area (Å²) in [5.74, 6) is 0.0310. The fourth-order valence-corrected chi connectivity index (χ4v) is 0.486. The molecule has 5 heteroatoms. The molecule has 5 nitrogen and oxygen atoms in total. The molecule has 60 valence electrons. The van der Waals surface area contributed by atoms with Crippen molar-refractivity contribution in [3.05, 3.63) is 12.3 Å². The molecule has 11 heavy (non-hydrogen) atoms. The van der Waals surface area contributed by atoms with E-state index in [-0.39, 0.29) is 12.6 Å². The van der Waals surface area contributed by atoms with Crippen LogP contribution in [-0.2, 0) is 4.74 Å². The van der Waals surface area contributed by atoms with E-state index in [0.717, 1.165) is 0 Å². The minimum absolute atomic E-state index is 0.0310. The van der Waals surface area contributed by atoms with E-state index in [1.54, 1.807) is 6.92 Å². The Morgan fingerprint density at radius 1 is 1.82 bits per heavy atom. The summed E-state index contributed by atoms with van der Waals surface area (Å²) in [4.78, 5) is 10.6. The van der Waals surface area contributed by atoms with Gasteiger partial charge in [0, 0.05) is 6.07 Å². The van der Waals surface area contributed by atoms with Crippen molar-refractivity contribution in [1.29, 1.82) is 0 Å². The summed E-state index contributed by atoms with van der Waals surface area (Å²) in [5.41, 5.74) is 0. The number of carbonyl (C=O) groups is 1. The molecule has 0 aliphatic carbocycles. The maximum Gasteiger partial charge on any atom is 0.516 e. The first-order valence-electron chi connectivity index (χ1n) is 3.08. The first kappa shape index (κ1) is 7.59. The Morgan fingerprint density at radius 3 is 3.18 bits per heavy atom. The van der Waals surface area contributed by atoms with Gasteiger partial charge in [0.2, 0.25) is 0 Å². The quantitative estimate of drug-likeness (QED) is 0.604. The normalized spacial score (nSPS) is 9.18. The predicted octanol–water partition coefficient (Wildman–Crippen LogP) is 1.21. The predicted molar refractivity (Wildman–Crippen MR) is 34.2 cm³/mol. The summed E-state index contributed by atoms with van der Waals surface area (Å²) in [7, 11) is 0. The van der Waals surface area contributed by atoms with Gasteiger partial charge in [-0.05, 0) is 6.92 Å². The second-order valence-electron chi connectivity index (χ2n) is 1.62. The summed E-state index contributed by atoms with van der Waals surface area (Å²) in [6.07, 6.45) is 0.582. The Labute approximate surface area is 62.9 Å². The molecule has 0 unspecified atom stereocenters. The van der Waals surface area contributed by atoms with Crippen molar-refractivity contribution in [3.63, 3.8) is 0 Å². The minimum atomic E-state index is -0.788. The highest BCUT2D eigenvalue weighted by Crippen LogP contribution is 2.07. The summed E-state index contributed by atoms with van der Waals surface area (Å²) < 4.78 is 13.4. The Hall–Kier alpha value is -1.52. The van der Waals surface area contributed by atoms with Crippen molar-refractivity contribution in [3.8, 4) is 5.95 Å². The Kier molecular flexibility index (Phi) is 2.48. The van der Waals surface area contributed by atoms with Crippen LogP contribution in [-0.4, -0.2) is 17.9 Å². The van der Waals surface area contributed by atoms with Gasteiger partial charge < -0.3 is 14.0 Å². The van der Waals surface area contributed by atoms with Crippen LogP contribution in [0.25, 0.3) is 0 Å². The summed E-state index contributed by atoms with van der Waals surface area (Å²) in [5, 5.41) is 3.33. The third-order valence-corrected chi connectivity index (χ3v) is 0.860. The lowest BCUT2D eigenvalue weighted by atomic mass is 10.7. The van der Waals surface area contributed by atoms with Crippen LogP contribution in [0.1, 0.15) is 6.92 Å². The van der Waals surface area contributed by atoms with Crippen LogP contribution in [0.4, 0.5) is 4.79 Å². The van der Waals surface area contributed by atoms with E-state index in [2.05, 4.69) is 19.2 Å². The number of hydrogen-bond acceptors (Lipinski definition) is 5. The fourth-order valence-electron chi connectivity index (χ4n) is 0.486. The van der Waals surface area contributed by atoms with Crippen LogP contribution >= 0.6 is 0 Å². The smallest absolute Gasteiger partial charge is 0.434 e. The standard InChI is InChI=1S/C6H7NO4/c1-2-9-6(8)10-5-3-4-7-11-5/h3-4H,2H2,1H3. The van der Waals surface area contributed by atoms with E-state index in [9.17, 15) is 4.79 Å². The van der Waals surface area contributed by atoms with Crippen LogP contribution in [0.3, 0.4) is 0 Å². The number of hydrogen-bond donors (Lipinski definition) is 0. The molecule has 0 saturated carbocycles. The van der Waals surface area contributed by atoms with Crippen LogP contribution < -0.4 is 4.74 Å². The molecule has 0 N–H and O–H groups in total. The van der Waals surface area contributed by atoms with Gasteiger partial charge in [-0.3, -0.25) is 0 Å². The molecule has 1 heterocycles. The van der Waals surface area contributed by atoms with E-state index in [1.807, 2.05) is 0 Å². The van der Waals surface area contributed by atoms with Gasteiger partial charge in [0.15, 0.2) is 0 Å². The van der Waals surface area contributed by atoms with Crippen molar-refractivity contribution in [2.24, 2.45) is 0 Å². The average Bonchev–Trinajstić information content (AvgIpc) is 2.40. The lowest BCUT2D eigenvalue weighted by molar-refractivity contribution is 0.0916. The van der Waals surface area contributed by atoms with Crippen molar-refractivity contribution in [2.45, 2.75) is 6.92 Å². The number of aromatic nitrogens is 1. The summed E-state index contributed by atoms with van der Waals surface area (Å²) in [6.45, 7) is 1.95. The van der Waals surface area contributed by atoms with Crippen molar-refractivity contribution in [2.75, 3.05) is 6.61 Å². The zero-order valence-corrected chi connectivity index (χ0v) is 5.94. The molecular weight excluding hydrogens is 150 g/mol. The molecule has 1 rings (SSSR count). The first-order chi connectivity index (χ1) is 5.33. The van der Waals surface area contributed by atoms with E-state index in [4.69, 9.17) is 0 Å². The van der Waals surface area contributed by atoms with Gasteiger partial charge in [0.05, 0.1) is 12.8 Å². The highest BCUT2D eigenvalue weighted by Gasteiger charge is 2.06. The van der Waals surface area contributed by atoms with Gasteiger partial charge in [0.25, 0.3) is 0 Å². The molecule has 0 bridgehead atoms. The van der Waals surface area contributed by atoms with Crippen molar-refractivity contribution in [1.82, 2.24) is 5.16 Å². The maximum atomic E-state index is 10.6. The fraction of sp³-hybridized carbons (Fsp3) is 0.333. The zero-order valence-electron chi connectivity index (χ0n) is 5.94. The van der Waals surface area contributed by atoms with E-state index in [0.29, 0.717) is 0 Å². The molecule has 0 atom stereocenters. The van der Waals surface area contributed by atoms with Crippen molar-refractivity contribution < 1.29 is 18.8 Å². The molecule has 0 amide bonds. The minimum Gasteiger partial charge on any atom is -0.434 e. The molecule has 1 aromatic heterocycles. The third kappa shape index (κ3) is 2.29. The molecule has 0 aromatic carbocycles. The first-order valence-corrected chi connectivity index (χ1v) is 3.08. The SMILES string of the molecule is CCOC(=O)Oc1ccno1. The maximum absolute atomic E-state index is 10.6. The Balaban J connectivity index is 2.37. The van der Waals surface area contributed by atoms with E-state index < -0.39 is 6.16 Å². The van der Waals surface area contributed by atoms with Crippen LogP contribution in [0.15, 0.2) is 16.8 Å². The molecule has 0 aliphatic heterocycles. The Morgan fingerprint density at radius 2 is 2.64 bits per heavy atom. The van der Waals surface area contributed by atoms with Gasteiger partial charge in [-0.25, -0.2) is 4.79 Å². The zero-order chi connectivity index (χ0) is 8.10. The van der Waals surface area contributed by atoms with Crippen LogP contribution in [0, 0.1) is 0 Å². The largest absolute Gasteiger partial charge is 0.516 e. The number of nitrogens with zero attached hydrogens (tertiary/aromatic N) is 1. The number of rotatable bonds is 2. The molecule has 0 saturated heterocycles. The topological polar surface area (TPSA) is 61.6 Å². The number of carbonyl (C=O) groups excluding carboxylic acids is 1. The molecular formula is C6H7NO4. The second-order valence-corrected chi connectivity index (χ2v) is 1.62. The van der Waals surface area contributed by atoms with Gasteiger partial charge in [-0.2, -0.15) is 0 Å². The monoisotopic (exact) mass is 157 g/mol. The highest BCUT2D eigenvalue weighted by atomic mass is 16.8. The van der Waals surface area contributed by atoms with Gasteiger partial charge in [-0.1, -0.05) is 5.16 Å². The van der Waals surface area contributed by atoms with Crippen LogP contribution in [0.2, 0.25) is 0 Å². The summed E-state index contributed by atoms with van der Waals surface area (Å²) in [6, 6.07) is 1.41. The van der Waals surface area contributed by atoms with Crippen molar-refractivity contribution >= 4 is 6.16 Å². The molecule has 0 spiro atoms. The third-order valence-electron chi connectivity index (χ3n) is 0.860. The van der Waals surface area contributed by atoms with Gasteiger partial charge in [-0.15, -0.1) is 0 Å². The lowest BCUT2D eigenvalue weighted by Crippen LogP contribution is -2.09. The Bertz CT molecular complexity index is 218. The second kappa shape index (κ2) is 3.60. The molecule has 0 radical (unpaired) electrons. The molecule has 0 fully saturated rings. The van der Waals surface area contributed by atoms with Gasteiger partial charge >= 0.3 is 12.1 Å². The van der Waals surface area contributed by atoms with Gasteiger partial charge in [0.1, 0.15) is 0 Å². The highest BCUT2D eigenvalue weighted by molar-refractivity contribution is 5.62. The molecule has 1 aromatic rings. The lowest BCUT2D eigenvalue weighted by Gasteiger charge is -1.97. The average molecular weight is 157 g/mol. The number of ether oxygens (including phenoxy) is 2. The molecule has 0 aliphatic rings. The van der Waals surface area contributed by atoms with Crippen LogP contribution in [0.5, 0.6) is 5.95 Å².